The third kappa shape index (κ3) is 3.68. The Morgan fingerprint density at radius 2 is 2.19 bits per heavy atom. The number of ether oxygens (including phenoxy) is 1. The molecule has 2 aliphatic rings. The summed E-state index contributed by atoms with van der Waals surface area (Å²) in [6, 6.07) is 0. The highest BCUT2D eigenvalue weighted by Crippen LogP contribution is 2.45. The summed E-state index contributed by atoms with van der Waals surface area (Å²) in [7, 11) is 0. The van der Waals surface area contributed by atoms with Crippen molar-refractivity contribution < 1.29 is 14.6 Å². The van der Waals surface area contributed by atoms with E-state index >= 15 is 0 Å². The fraction of sp³-hybridized carbons (Fsp3) is 0.833. The highest BCUT2D eigenvalue weighted by atomic mass is 16.6. The maximum atomic E-state index is 11.4. The van der Waals surface area contributed by atoms with E-state index in [1.165, 1.54) is 0 Å². The summed E-state index contributed by atoms with van der Waals surface area (Å²) in [5.74, 6) is 1.14. The third-order valence-corrected chi connectivity index (χ3v) is 5.41. The predicted molar refractivity (Wildman–Crippen MR) is 83.7 cm³/mol. The second-order valence-electron chi connectivity index (χ2n) is 7.61. The smallest absolute Gasteiger partial charge is 0.306 e. The highest BCUT2D eigenvalue weighted by molar-refractivity contribution is 5.72. The van der Waals surface area contributed by atoms with Crippen LogP contribution in [0.15, 0.2) is 12.2 Å². The molecular weight excluding hydrogens is 264 g/mol. The lowest BCUT2D eigenvalue weighted by atomic mass is 9.80. The van der Waals surface area contributed by atoms with Crippen LogP contribution in [0.1, 0.15) is 59.8 Å². The minimum Gasteiger partial charge on any atom is -0.462 e. The largest absolute Gasteiger partial charge is 0.462 e. The number of unbranched alkanes of at least 4 members (excludes halogenated alkanes) is 1. The van der Waals surface area contributed by atoms with Crippen molar-refractivity contribution in [2.24, 2.45) is 23.2 Å². The van der Waals surface area contributed by atoms with Crippen LogP contribution in [0.5, 0.6) is 0 Å². The first-order chi connectivity index (χ1) is 9.85. The van der Waals surface area contributed by atoms with Crippen molar-refractivity contribution >= 4 is 5.97 Å². The summed E-state index contributed by atoms with van der Waals surface area (Å²) >= 11 is 0. The van der Waals surface area contributed by atoms with Crippen LogP contribution in [0.4, 0.5) is 0 Å². The SMILES string of the molecule is CCCCC(C)(C)[C@@H](O)C=C[C@H]1[C@@H]2CC(=O)O[C@@H]2C[C@@H]1C. The Labute approximate surface area is 128 Å². The molecule has 120 valence electrons. The molecule has 1 saturated carbocycles. The van der Waals surface area contributed by atoms with Gasteiger partial charge in [-0.1, -0.05) is 52.7 Å². The molecule has 1 N–H and O–H groups in total. The predicted octanol–water partition coefficient (Wildman–Crippen LogP) is 3.71. The summed E-state index contributed by atoms with van der Waals surface area (Å²) in [4.78, 5) is 11.4. The van der Waals surface area contributed by atoms with E-state index in [0.29, 0.717) is 24.2 Å². The van der Waals surface area contributed by atoms with Crippen molar-refractivity contribution in [3.63, 3.8) is 0 Å². The van der Waals surface area contributed by atoms with Crippen molar-refractivity contribution in [1.82, 2.24) is 0 Å². The number of aliphatic hydroxyl groups excluding tert-OH is 1. The number of aliphatic hydroxyl groups is 1. The van der Waals surface area contributed by atoms with Gasteiger partial charge in [-0.2, -0.15) is 0 Å². The van der Waals surface area contributed by atoms with E-state index in [1.54, 1.807) is 0 Å². The minimum absolute atomic E-state index is 0.0564. The van der Waals surface area contributed by atoms with E-state index in [4.69, 9.17) is 4.74 Å². The molecule has 21 heavy (non-hydrogen) atoms. The quantitative estimate of drug-likeness (QED) is 0.600. The van der Waals surface area contributed by atoms with Gasteiger partial charge in [0.25, 0.3) is 0 Å². The lowest BCUT2D eigenvalue weighted by Crippen LogP contribution is -2.28. The van der Waals surface area contributed by atoms with Crippen molar-refractivity contribution in [2.75, 3.05) is 0 Å². The number of hydrogen-bond acceptors (Lipinski definition) is 3. The minimum atomic E-state index is -0.423. The summed E-state index contributed by atoms with van der Waals surface area (Å²) < 4.78 is 5.38. The van der Waals surface area contributed by atoms with Crippen LogP contribution in [0.3, 0.4) is 0 Å². The molecule has 0 unspecified atom stereocenters. The number of carbonyl (C=O) groups excluding carboxylic acids is 1. The van der Waals surface area contributed by atoms with Crippen molar-refractivity contribution in [2.45, 2.75) is 72.0 Å². The maximum Gasteiger partial charge on any atom is 0.306 e. The van der Waals surface area contributed by atoms with E-state index in [-0.39, 0.29) is 17.5 Å². The average molecular weight is 294 g/mol. The zero-order valence-corrected chi connectivity index (χ0v) is 13.8. The van der Waals surface area contributed by atoms with Crippen LogP contribution in [-0.4, -0.2) is 23.3 Å². The van der Waals surface area contributed by atoms with Crippen molar-refractivity contribution in [1.29, 1.82) is 0 Å². The molecule has 2 rings (SSSR count). The van der Waals surface area contributed by atoms with Gasteiger partial charge in [-0.25, -0.2) is 0 Å². The number of fused-ring (bicyclic) bond motifs is 1. The van der Waals surface area contributed by atoms with E-state index in [2.05, 4.69) is 33.8 Å². The van der Waals surface area contributed by atoms with Gasteiger partial charge in [0.2, 0.25) is 0 Å². The van der Waals surface area contributed by atoms with E-state index in [0.717, 1.165) is 25.7 Å². The van der Waals surface area contributed by atoms with Crippen LogP contribution >= 0.6 is 0 Å². The van der Waals surface area contributed by atoms with Gasteiger partial charge in [0, 0.05) is 5.92 Å². The van der Waals surface area contributed by atoms with E-state index < -0.39 is 6.10 Å². The highest BCUT2D eigenvalue weighted by Gasteiger charge is 2.47. The van der Waals surface area contributed by atoms with Crippen molar-refractivity contribution in [3.05, 3.63) is 12.2 Å². The zero-order valence-electron chi connectivity index (χ0n) is 13.8. The Kier molecular flexibility index (Phi) is 5.13. The first kappa shape index (κ1) is 16.5. The molecule has 0 aromatic heterocycles. The molecule has 3 nitrogen and oxygen atoms in total. The molecule has 3 heteroatoms. The lowest BCUT2D eigenvalue weighted by Gasteiger charge is -2.29. The molecule has 0 bridgehead atoms. The number of carbonyl (C=O) groups is 1. The van der Waals surface area contributed by atoms with Gasteiger partial charge in [0.05, 0.1) is 12.5 Å². The number of hydrogen-bond donors (Lipinski definition) is 1. The van der Waals surface area contributed by atoms with Gasteiger partial charge < -0.3 is 9.84 Å². The first-order valence-electron chi connectivity index (χ1n) is 8.41. The molecule has 0 aromatic rings. The van der Waals surface area contributed by atoms with Gasteiger partial charge in [-0.3, -0.25) is 4.79 Å². The molecule has 0 amide bonds. The number of esters is 1. The van der Waals surface area contributed by atoms with Gasteiger partial charge >= 0.3 is 5.97 Å². The van der Waals surface area contributed by atoms with Gasteiger partial charge in [-0.15, -0.1) is 0 Å². The molecular formula is C18H30O3. The lowest BCUT2D eigenvalue weighted by molar-refractivity contribution is -0.141. The molecule has 5 atom stereocenters. The van der Waals surface area contributed by atoms with Crippen LogP contribution in [0.2, 0.25) is 0 Å². The van der Waals surface area contributed by atoms with Crippen molar-refractivity contribution in [3.8, 4) is 0 Å². The Bertz CT molecular complexity index is 399. The van der Waals surface area contributed by atoms with Gasteiger partial charge in [-0.05, 0) is 30.1 Å². The first-order valence-corrected chi connectivity index (χ1v) is 8.41. The summed E-state index contributed by atoms with van der Waals surface area (Å²) in [5, 5.41) is 10.5. The molecule has 1 aliphatic carbocycles. The van der Waals surface area contributed by atoms with E-state index in [1.807, 2.05) is 6.08 Å². The van der Waals surface area contributed by atoms with Gasteiger partial charge in [0.15, 0.2) is 0 Å². The second kappa shape index (κ2) is 6.51. The van der Waals surface area contributed by atoms with E-state index in [9.17, 15) is 9.90 Å². The third-order valence-electron chi connectivity index (χ3n) is 5.41. The monoisotopic (exact) mass is 294 g/mol. The second-order valence-corrected chi connectivity index (χ2v) is 7.61. The molecule has 1 saturated heterocycles. The van der Waals surface area contributed by atoms with Crippen LogP contribution < -0.4 is 0 Å². The molecule has 1 aliphatic heterocycles. The molecule has 0 spiro atoms. The normalized spacial score (nSPS) is 34.2. The summed E-state index contributed by atoms with van der Waals surface area (Å²) in [5.41, 5.74) is -0.0876. The number of allylic oxidation sites excluding steroid dienone is 1. The van der Waals surface area contributed by atoms with Crippen LogP contribution in [-0.2, 0) is 9.53 Å². The molecule has 0 aromatic carbocycles. The average Bonchev–Trinajstić information content (AvgIpc) is 2.89. The zero-order chi connectivity index (χ0) is 15.6. The molecule has 2 fully saturated rings. The van der Waals surface area contributed by atoms with Gasteiger partial charge in [0.1, 0.15) is 6.10 Å². The summed E-state index contributed by atoms with van der Waals surface area (Å²) in [6.07, 6.45) is 8.62. The fourth-order valence-electron chi connectivity index (χ4n) is 3.79. The Hall–Kier alpha value is -0.830. The maximum absolute atomic E-state index is 11.4. The Morgan fingerprint density at radius 3 is 2.86 bits per heavy atom. The molecule has 1 heterocycles. The topological polar surface area (TPSA) is 46.5 Å². The summed E-state index contributed by atoms with van der Waals surface area (Å²) in [6.45, 7) is 8.65. The standard InChI is InChI=1S/C18H30O3/c1-5-6-9-18(3,4)16(19)8-7-13-12(2)10-15-14(13)11-17(20)21-15/h7-8,12-16,19H,5-6,9-11H2,1-4H3/t12-,13+,14-,15+,16-/m0/s1. The molecule has 0 radical (unpaired) electrons. The van der Waals surface area contributed by atoms with Crippen LogP contribution in [0, 0.1) is 23.2 Å². The van der Waals surface area contributed by atoms with Crippen LogP contribution in [0.25, 0.3) is 0 Å². The Balaban J connectivity index is 1.98. The number of rotatable bonds is 6. The Morgan fingerprint density at radius 1 is 1.48 bits per heavy atom. The fourth-order valence-corrected chi connectivity index (χ4v) is 3.79.